The van der Waals surface area contributed by atoms with Crippen molar-refractivity contribution in [2.75, 3.05) is 6.54 Å². The Morgan fingerprint density at radius 2 is 2.12 bits per heavy atom. The number of carbonyl (C=O) groups excluding carboxylic acids is 1. The highest BCUT2D eigenvalue weighted by Gasteiger charge is 2.33. The molecule has 0 spiro atoms. The molecule has 4 aromatic rings. The van der Waals surface area contributed by atoms with Crippen LogP contribution in [-0.2, 0) is 0 Å². The molecule has 0 saturated carbocycles. The number of aromatic nitrogens is 5. The fraction of sp³-hybridized carbons (Fsp3) is 0.304. The first-order valence-corrected chi connectivity index (χ1v) is 11.6. The molecule has 0 aliphatic carbocycles. The summed E-state index contributed by atoms with van der Waals surface area (Å²) in [5, 5.41) is 11.1. The van der Waals surface area contributed by atoms with Gasteiger partial charge in [0.1, 0.15) is 10.7 Å². The highest BCUT2D eigenvalue weighted by atomic mass is 32.1. The third-order valence-electron chi connectivity index (χ3n) is 5.51. The molecule has 0 bridgehead atoms. The van der Waals surface area contributed by atoms with Crippen LogP contribution in [0.3, 0.4) is 0 Å². The number of hydrogen-bond acceptors (Lipinski definition) is 9. The summed E-state index contributed by atoms with van der Waals surface area (Å²) in [6.07, 6.45) is 5.23. The van der Waals surface area contributed by atoms with Crippen LogP contribution in [0.15, 0.2) is 46.5 Å². The second-order valence-electron chi connectivity index (χ2n) is 8.09. The van der Waals surface area contributed by atoms with Gasteiger partial charge < -0.3 is 15.1 Å². The highest BCUT2D eigenvalue weighted by Crippen LogP contribution is 2.35. The first-order valence-electron chi connectivity index (χ1n) is 10.7. The molecule has 0 radical (unpaired) electrons. The summed E-state index contributed by atoms with van der Waals surface area (Å²) >= 11 is 1.60. The van der Waals surface area contributed by atoms with Crippen LogP contribution >= 0.6 is 11.3 Å². The van der Waals surface area contributed by atoms with E-state index in [1.807, 2.05) is 29.3 Å². The monoisotopic (exact) mass is 461 g/mol. The molecule has 1 amide bonds. The third kappa shape index (κ3) is 4.27. The molecular formula is C23H23N7O2S. The van der Waals surface area contributed by atoms with Gasteiger partial charge in [0.25, 0.3) is 11.8 Å². The molecule has 168 valence electrons. The summed E-state index contributed by atoms with van der Waals surface area (Å²) in [6, 6.07) is 6.78. The van der Waals surface area contributed by atoms with Crippen LogP contribution in [0.1, 0.15) is 58.8 Å². The fourth-order valence-corrected chi connectivity index (χ4v) is 4.85. The molecule has 1 saturated heterocycles. The van der Waals surface area contributed by atoms with Gasteiger partial charge in [-0.15, -0.1) is 21.5 Å². The number of carbonyl (C=O) groups is 1. The van der Waals surface area contributed by atoms with Crippen molar-refractivity contribution in [1.29, 1.82) is 0 Å². The van der Waals surface area contributed by atoms with Crippen molar-refractivity contribution in [2.24, 2.45) is 5.73 Å². The van der Waals surface area contributed by atoms with Gasteiger partial charge in [-0.25, -0.2) is 9.97 Å². The Balaban J connectivity index is 1.56. The highest BCUT2D eigenvalue weighted by molar-refractivity contribution is 7.09. The van der Waals surface area contributed by atoms with Crippen molar-refractivity contribution in [3.8, 4) is 22.8 Å². The molecule has 2 atom stereocenters. The number of rotatable bonds is 5. The normalized spacial score (nSPS) is 16.8. The van der Waals surface area contributed by atoms with E-state index in [2.05, 4.69) is 25.1 Å². The van der Waals surface area contributed by atoms with Crippen molar-refractivity contribution < 1.29 is 9.21 Å². The van der Waals surface area contributed by atoms with Gasteiger partial charge in [-0.3, -0.25) is 9.78 Å². The molecule has 4 aromatic heterocycles. The molecule has 1 fully saturated rings. The number of likely N-dealkylation sites (tertiary alicyclic amines) is 1. The van der Waals surface area contributed by atoms with Gasteiger partial charge >= 0.3 is 0 Å². The third-order valence-corrected chi connectivity index (χ3v) is 6.58. The lowest BCUT2D eigenvalue weighted by Crippen LogP contribution is -2.30. The van der Waals surface area contributed by atoms with Gasteiger partial charge in [-0.2, -0.15) is 0 Å². The van der Waals surface area contributed by atoms with Crippen molar-refractivity contribution >= 4 is 17.2 Å². The van der Waals surface area contributed by atoms with Crippen molar-refractivity contribution in [3.05, 3.63) is 64.2 Å². The van der Waals surface area contributed by atoms with E-state index in [9.17, 15) is 4.79 Å². The minimum Gasteiger partial charge on any atom is -0.418 e. The van der Waals surface area contributed by atoms with E-state index in [4.69, 9.17) is 10.2 Å². The topological polar surface area (TPSA) is 124 Å². The van der Waals surface area contributed by atoms with Crippen LogP contribution in [0.25, 0.3) is 22.8 Å². The first-order chi connectivity index (χ1) is 16.0. The average molecular weight is 462 g/mol. The summed E-state index contributed by atoms with van der Waals surface area (Å²) in [5.74, 6) is 0.451. The van der Waals surface area contributed by atoms with E-state index >= 15 is 0 Å². The largest absolute Gasteiger partial charge is 0.418 e. The molecule has 10 heteroatoms. The van der Waals surface area contributed by atoms with Gasteiger partial charge in [-0.05, 0) is 51.0 Å². The molecule has 1 aliphatic rings. The molecule has 33 heavy (non-hydrogen) atoms. The molecule has 2 N–H and O–H groups in total. The molecular weight excluding hydrogens is 438 g/mol. The van der Waals surface area contributed by atoms with E-state index in [0.717, 1.165) is 29.1 Å². The smallest absolute Gasteiger partial charge is 0.266 e. The van der Waals surface area contributed by atoms with Gasteiger partial charge in [0, 0.05) is 41.1 Å². The standard InChI is InChI=1S/C23H23N7O2S/c1-13-12-33-22(26-13)19-6-4-8-30(19)23(31)16-9-17(15-5-3-7-25-11-15)27-18(10-16)21-29-28-20(32-21)14(2)24/h3,5,7,9-12,14,19H,4,6,8,24H2,1-2H3. The predicted octanol–water partition coefficient (Wildman–Crippen LogP) is 3.96. The maximum absolute atomic E-state index is 13.7. The maximum atomic E-state index is 13.7. The average Bonchev–Trinajstić information content (AvgIpc) is 3.59. The predicted molar refractivity (Wildman–Crippen MR) is 123 cm³/mol. The number of nitrogens with zero attached hydrogens (tertiary/aromatic N) is 6. The Kier molecular flexibility index (Phi) is 5.69. The van der Waals surface area contributed by atoms with E-state index in [1.165, 1.54) is 0 Å². The van der Waals surface area contributed by atoms with Crippen molar-refractivity contribution in [1.82, 2.24) is 30.0 Å². The minimum absolute atomic E-state index is 0.0252. The van der Waals surface area contributed by atoms with Crippen LogP contribution in [0.5, 0.6) is 0 Å². The molecule has 5 rings (SSSR count). The summed E-state index contributed by atoms with van der Waals surface area (Å²) in [5.41, 5.74) is 9.15. The number of thiazole rings is 1. The minimum atomic E-state index is -0.402. The van der Waals surface area contributed by atoms with Crippen molar-refractivity contribution in [3.63, 3.8) is 0 Å². The lowest BCUT2D eigenvalue weighted by molar-refractivity contribution is 0.0735. The van der Waals surface area contributed by atoms with Crippen molar-refractivity contribution in [2.45, 2.75) is 38.8 Å². The summed E-state index contributed by atoms with van der Waals surface area (Å²) < 4.78 is 5.72. The molecule has 1 aliphatic heterocycles. The second kappa shape index (κ2) is 8.80. The lowest BCUT2D eigenvalue weighted by atomic mass is 10.1. The zero-order valence-electron chi connectivity index (χ0n) is 18.3. The Morgan fingerprint density at radius 1 is 1.27 bits per heavy atom. The Hall–Kier alpha value is -3.50. The number of hydrogen-bond donors (Lipinski definition) is 1. The zero-order valence-corrected chi connectivity index (χ0v) is 19.1. The zero-order chi connectivity index (χ0) is 22.9. The quantitative estimate of drug-likeness (QED) is 0.474. The molecule has 5 heterocycles. The van der Waals surface area contributed by atoms with Gasteiger partial charge in [0.15, 0.2) is 0 Å². The first kappa shape index (κ1) is 21.4. The Labute approximate surface area is 194 Å². The second-order valence-corrected chi connectivity index (χ2v) is 8.98. The molecule has 2 unspecified atom stereocenters. The van der Waals surface area contributed by atoms with Gasteiger partial charge in [0.05, 0.1) is 17.8 Å². The van der Waals surface area contributed by atoms with Crippen LogP contribution in [0.2, 0.25) is 0 Å². The fourth-order valence-electron chi connectivity index (χ4n) is 3.91. The van der Waals surface area contributed by atoms with E-state index in [0.29, 0.717) is 29.4 Å². The summed E-state index contributed by atoms with van der Waals surface area (Å²) in [6.45, 7) is 4.41. The summed E-state index contributed by atoms with van der Waals surface area (Å²) in [4.78, 5) is 29.1. The van der Waals surface area contributed by atoms with E-state index < -0.39 is 6.04 Å². The number of nitrogens with two attached hydrogens (primary N) is 1. The molecule has 9 nitrogen and oxygen atoms in total. The number of amides is 1. The van der Waals surface area contributed by atoms with Crippen LogP contribution in [0, 0.1) is 6.92 Å². The Bertz CT molecular complexity index is 1280. The molecule has 0 aromatic carbocycles. The Morgan fingerprint density at radius 3 is 2.82 bits per heavy atom. The SMILES string of the molecule is Cc1csc(C2CCCN2C(=O)c2cc(-c3cccnc3)nc(-c3nnc(C(C)N)o3)c2)n1. The van der Waals surface area contributed by atoms with Crippen LogP contribution < -0.4 is 5.73 Å². The van der Waals surface area contributed by atoms with Gasteiger partial charge in [0.2, 0.25) is 5.89 Å². The number of pyridine rings is 2. The van der Waals surface area contributed by atoms with Crippen LogP contribution in [-0.4, -0.2) is 42.5 Å². The van der Waals surface area contributed by atoms with Crippen LogP contribution in [0.4, 0.5) is 0 Å². The maximum Gasteiger partial charge on any atom is 0.266 e. The van der Waals surface area contributed by atoms with E-state index in [1.54, 1.807) is 42.8 Å². The number of aryl methyl sites for hydroxylation is 1. The van der Waals surface area contributed by atoms with E-state index in [-0.39, 0.29) is 17.8 Å². The lowest BCUT2D eigenvalue weighted by Gasteiger charge is -2.23. The summed E-state index contributed by atoms with van der Waals surface area (Å²) in [7, 11) is 0. The van der Waals surface area contributed by atoms with Gasteiger partial charge in [-0.1, -0.05) is 0 Å².